The molecular weight excluding hydrogens is 689 g/mol. The van der Waals surface area contributed by atoms with Crippen molar-refractivity contribution in [2.45, 2.75) is 75.1 Å². The molecule has 0 radical (unpaired) electrons. The lowest BCUT2D eigenvalue weighted by Gasteiger charge is -2.43. The molecule has 54 heavy (non-hydrogen) atoms. The first-order chi connectivity index (χ1) is 26.0. The Morgan fingerprint density at radius 2 is 1.11 bits per heavy atom. The molecule has 2 fully saturated rings. The van der Waals surface area contributed by atoms with Crippen molar-refractivity contribution in [1.82, 2.24) is 9.55 Å². The van der Waals surface area contributed by atoms with Gasteiger partial charge >= 0.3 is 0 Å². The molecule has 0 aliphatic carbocycles. The Morgan fingerprint density at radius 1 is 0.667 bits per heavy atom. The summed E-state index contributed by atoms with van der Waals surface area (Å²) in [6.45, 7) is 10.7. The van der Waals surface area contributed by atoms with E-state index in [9.17, 15) is 5.11 Å². The molecule has 3 heterocycles. The molecule has 4 atom stereocenters. The Kier molecular flexibility index (Phi) is 9.33. The zero-order valence-corrected chi connectivity index (χ0v) is 32.5. The summed E-state index contributed by atoms with van der Waals surface area (Å²) < 4.78 is 29.5. The van der Waals surface area contributed by atoms with Gasteiger partial charge in [0.15, 0.2) is 17.7 Å². The van der Waals surface area contributed by atoms with E-state index in [1.54, 1.807) is 6.20 Å². The number of aromatic nitrogens is 2. The number of nitrogens with zero attached hydrogens (tertiary/aromatic N) is 2. The summed E-state index contributed by atoms with van der Waals surface area (Å²) in [4.78, 5) is 4.92. The molecule has 1 N–H and O–H groups in total. The molecule has 8 rings (SSSR count). The Morgan fingerprint density at radius 3 is 1.56 bits per heavy atom. The number of hydrogen-bond acceptors (Lipinski definition) is 6. The predicted octanol–water partition coefficient (Wildman–Crippen LogP) is 7.36. The third-order valence-electron chi connectivity index (χ3n) is 11.0. The maximum Gasteiger partial charge on any atom is 0.261 e. The Labute approximate surface area is 319 Å². The smallest absolute Gasteiger partial charge is 0.261 e. The minimum atomic E-state index is -2.96. The third-order valence-corrected chi connectivity index (χ3v) is 16.0. The molecule has 0 amide bonds. The molecule has 2 saturated heterocycles. The summed E-state index contributed by atoms with van der Waals surface area (Å²) in [7, 11) is -2.96. The second-order valence-corrected chi connectivity index (χ2v) is 20.1. The molecule has 6 aromatic rings. The molecule has 2 aliphatic heterocycles. The normalized spacial score (nSPS) is 22.6. The van der Waals surface area contributed by atoms with Crippen molar-refractivity contribution in [1.29, 1.82) is 0 Å². The lowest BCUT2D eigenvalue weighted by atomic mass is 9.76. The number of hydrogen-bond donors (Lipinski definition) is 1. The van der Waals surface area contributed by atoms with E-state index in [0.29, 0.717) is 5.82 Å². The molecule has 0 spiro atoms. The summed E-state index contributed by atoms with van der Waals surface area (Å²) in [6.07, 6.45) is 1.41. The van der Waals surface area contributed by atoms with Gasteiger partial charge in [0.05, 0.1) is 6.61 Å². The van der Waals surface area contributed by atoms with Crippen LogP contribution in [0.15, 0.2) is 164 Å². The number of fused-ring (bicyclic) bond motifs is 1. The second kappa shape index (κ2) is 13.9. The molecule has 1 aromatic heterocycles. The molecule has 276 valence electrons. The second-order valence-electron chi connectivity index (χ2n) is 15.8. The standard InChI is InChI=1S/C46H48N2O5Si/c1-43(2,3)54(37-27-17-9-18-28-37,38-29-19-10-20-30-38)50-33-39-40-41(53-44(4,5)52-40)46(49,51-39)42-47-31-32-48(42)45(34-21-11-6-12-22-34,35-23-13-7-14-24-35)36-25-15-8-16-26-36/h6-32,39-41,49H,33H2,1-5H3/t39-,40-,41-,46?/m1/s1. The minimum Gasteiger partial charge on any atom is -0.405 e. The van der Waals surface area contributed by atoms with Crippen LogP contribution in [0, 0.1) is 0 Å². The Bertz CT molecular complexity index is 2020. The molecule has 8 heteroatoms. The van der Waals surface area contributed by atoms with E-state index in [1.165, 1.54) is 0 Å². The highest BCUT2D eigenvalue weighted by molar-refractivity contribution is 6.99. The largest absolute Gasteiger partial charge is 0.405 e. The van der Waals surface area contributed by atoms with Crippen molar-refractivity contribution in [2.75, 3.05) is 6.61 Å². The Balaban J connectivity index is 1.27. The number of benzene rings is 5. The lowest BCUT2D eigenvalue weighted by molar-refractivity contribution is -0.287. The van der Waals surface area contributed by atoms with E-state index in [0.717, 1.165) is 27.1 Å². The van der Waals surface area contributed by atoms with Crippen molar-refractivity contribution >= 4 is 18.7 Å². The molecule has 1 unspecified atom stereocenters. The van der Waals surface area contributed by atoms with Gasteiger partial charge in [-0.05, 0) is 45.9 Å². The Hall–Kier alpha value is -4.67. The van der Waals surface area contributed by atoms with Crippen LogP contribution in [0.25, 0.3) is 0 Å². The van der Waals surface area contributed by atoms with Crippen LogP contribution in [0.4, 0.5) is 0 Å². The monoisotopic (exact) mass is 736 g/mol. The molecule has 2 aliphatic rings. The summed E-state index contributed by atoms with van der Waals surface area (Å²) >= 11 is 0. The summed E-state index contributed by atoms with van der Waals surface area (Å²) in [5.74, 6) is -2.69. The van der Waals surface area contributed by atoms with Gasteiger partial charge in [-0.25, -0.2) is 4.98 Å². The van der Waals surface area contributed by atoms with E-state index < -0.39 is 43.7 Å². The van der Waals surface area contributed by atoms with Gasteiger partial charge in [-0.2, -0.15) is 0 Å². The molecular formula is C46H48N2O5Si. The van der Waals surface area contributed by atoms with Crippen LogP contribution in [0.3, 0.4) is 0 Å². The van der Waals surface area contributed by atoms with Crippen LogP contribution < -0.4 is 10.4 Å². The van der Waals surface area contributed by atoms with Gasteiger partial charge in [-0.1, -0.05) is 172 Å². The van der Waals surface area contributed by atoms with Gasteiger partial charge in [0.1, 0.15) is 17.7 Å². The maximum atomic E-state index is 13.2. The lowest BCUT2D eigenvalue weighted by Crippen LogP contribution is -2.67. The van der Waals surface area contributed by atoms with Crippen LogP contribution in [-0.2, 0) is 30.0 Å². The molecule has 5 aromatic carbocycles. The number of aliphatic hydroxyl groups is 1. The molecule has 7 nitrogen and oxygen atoms in total. The third kappa shape index (κ3) is 5.89. The van der Waals surface area contributed by atoms with Crippen LogP contribution in [-0.4, -0.2) is 53.7 Å². The van der Waals surface area contributed by atoms with Gasteiger partial charge in [0, 0.05) is 12.4 Å². The van der Waals surface area contributed by atoms with Crippen molar-refractivity contribution in [2.24, 2.45) is 0 Å². The van der Waals surface area contributed by atoms with E-state index in [-0.39, 0.29) is 11.6 Å². The van der Waals surface area contributed by atoms with Crippen LogP contribution in [0.5, 0.6) is 0 Å². The van der Waals surface area contributed by atoms with Crippen LogP contribution in [0.2, 0.25) is 5.04 Å². The topological polar surface area (TPSA) is 75.0 Å². The summed E-state index contributed by atoms with van der Waals surface area (Å²) in [5.41, 5.74) is 2.05. The molecule has 0 bridgehead atoms. The number of rotatable bonds is 10. The highest BCUT2D eigenvalue weighted by Gasteiger charge is 2.66. The van der Waals surface area contributed by atoms with E-state index in [4.69, 9.17) is 23.6 Å². The zero-order chi connectivity index (χ0) is 37.6. The van der Waals surface area contributed by atoms with Gasteiger partial charge in [-0.3, -0.25) is 0 Å². The van der Waals surface area contributed by atoms with E-state index in [1.807, 2.05) is 91.3 Å². The fraction of sp³-hybridized carbons (Fsp3) is 0.283. The van der Waals surface area contributed by atoms with Crippen molar-refractivity contribution in [3.05, 3.63) is 187 Å². The first-order valence-corrected chi connectivity index (χ1v) is 20.6. The average Bonchev–Trinajstić information content (AvgIpc) is 3.88. The van der Waals surface area contributed by atoms with Gasteiger partial charge < -0.3 is 28.3 Å². The number of imidazole rings is 1. The van der Waals surface area contributed by atoms with Gasteiger partial charge in [0.2, 0.25) is 0 Å². The maximum absolute atomic E-state index is 13.2. The van der Waals surface area contributed by atoms with Crippen molar-refractivity contribution in [3.63, 3.8) is 0 Å². The fourth-order valence-corrected chi connectivity index (χ4v) is 13.4. The first-order valence-electron chi connectivity index (χ1n) is 18.7. The summed E-state index contributed by atoms with van der Waals surface area (Å²) in [5, 5.41) is 15.2. The van der Waals surface area contributed by atoms with Crippen molar-refractivity contribution < 1.29 is 23.7 Å². The highest BCUT2D eigenvalue weighted by Crippen LogP contribution is 2.51. The minimum absolute atomic E-state index is 0.165. The number of ether oxygens (including phenoxy) is 3. The zero-order valence-electron chi connectivity index (χ0n) is 31.5. The van der Waals surface area contributed by atoms with Gasteiger partial charge in [-0.15, -0.1) is 0 Å². The van der Waals surface area contributed by atoms with Crippen molar-refractivity contribution in [3.8, 4) is 0 Å². The predicted molar refractivity (Wildman–Crippen MR) is 213 cm³/mol. The quantitative estimate of drug-likeness (QED) is 0.117. The summed E-state index contributed by atoms with van der Waals surface area (Å²) in [6, 6.07) is 52.0. The fourth-order valence-electron chi connectivity index (χ4n) is 8.80. The van der Waals surface area contributed by atoms with Crippen LogP contribution in [0.1, 0.15) is 57.1 Å². The van der Waals surface area contributed by atoms with Crippen LogP contribution >= 0.6 is 0 Å². The molecule has 0 saturated carbocycles. The SMILES string of the molecule is CC1(C)O[C@H]2[C@@H](O1)C(O)(c1nccn1C(c1ccccc1)(c1ccccc1)c1ccccc1)O[C@@H]2CO[Si](c1ccccc1)(c1ccccc1)C(C)(C)C. The average molecular weight is 737 g/mol. The van der Waals surface area contributed by atoms with E-state index >= 15 is 0 Å². The first kappa shape index (κ1) is 36.3. The van der Waals surface area contributed by atoms with E-state index in [2.05, 4.69) is 106 Å². The van der Waals surface area contributed by atoms with Gasteiger partial charge in [0.25, 0.3) is 14.1 Å². The highest BCUT2D eigenvalue weighted by atomic mass is 28.4.